The van der Waals surface area contributed by atoms with Crippen LogP contribution in [0.2, 0.25) is 5.02 Å². The van der Waals surface area contributed by atoms with Gasteiger partial charge in [-0.1, -0.05) is 23.7 Å². The Morgan fingerprint density at radius 1 is 0.821 bits per heavy atom. The van der Waals surface area contributed by atoms with Gasteiger partial charge in [0, 0.05) is 23.6 Å². The van der Waals surface area contributed by atoms with E-state index >= 15 is 0 Å². The van der Waals surface area contributed by atoms with Crippen LogP contribution in [0.3, 0.4) is 0 Å². The number of pyridine rings is 1. The molecule has 0 fully saturated rings. The first-order chi connectivity index (χ1) is 13.4. The molecule has 0 saturated heterocycles. The van der Waals surface area contributed by atoms with Gasteiger partial charge in [-0.05, 0) is 49.4 Å². The number of carbonyl (C=O) groups excluding carboxylic acids is 3. The van der Waals surface area contributed by atoms with Crippen molar-refractivity contribution in [1.29, 1.82) is 0 Å². The maximum Gasteiger partial charge on any atom is 0.257 e. The number of anilines is 2. The Bertz CT molecular complexity index is 1050. The first kappa shape index (κ1) is 19.3. The third-order valence-corrected chi connectivity index (χ3v) is 4.26. The molecule has 2 aromatic carbocycles. The molecule has 3 aromatic rings. The van der Waals surface area contributed by atoms with Crippen LogP contribution in [-0.4, -0.2) is 22.6 Å². The topological polar surface area (TPSA) is 88.2 Å². The molecule has 0 unspecified atom stereocenters. The number of nitrogens with zero attached hydrogens (tertiary/aromatic N) is 1. The minimum atomic E-state index is -0.430. The van der Waals surface area contributed by atoms with Crippen molar-refractivity contribution < 1.29 is 14.4 Å². The molecule has 0 aliphatic rings. The van der Waals surface area contributed by atoms with Crippen LogP contribution in [0.1, 0.15) is 38.0 Å². The molecule has 0 spiro atoms. The second kappa shape index (κ2) is 8.45. The van der Waals surface area contributed by atoms with E-state index in [2.05, 4.69) is 15.6 Å². The van der Waals surface area contributed by atoms with Gasteiger partial charge in [0.15, 0.2) is 5.78 Å². The molecular weight excluding hydrogens is 378 g/mol. The first-order valence-corrected chi connectivity index (χ1v) is 8.75. The zero-order valence-electron chi connectivity index (χ0n) is 14.9. The molecule has 2 N–H and O–H groups in total. The second-order valence-electron chi connectivity index (χ2n) is 5.98. The summed E-state index contributed by atoms with van der Waals surface area (Å²) in [6.45, 7) is 1.47. The summed E-state index contributed by atoms with van der Waals surface area (Å²) in [6, 6.07) is 14.8. The highest BCUT2D eigenvalue weighted by Gasteiger charge is 2.13. The van der Waals surface area contributed by atoms with Gasteiger partial charge in [-0.25, -0.2) is 0 Å². The van der Waals surface area contributed by atoms with Gasteiger partial charge >= 0.3 is 0 Å². The zero-order valence-corrected chi connectivity index (χ0v) is 15.7. The molecular formula is C21H16ClN3O3. The number of carbonyl (C=O) groups is 3. The lowest BCUT2D eigenvalue weighted by atomic mass is 10.1. The highest BCUT2D eigenvalue weighted by Crippen LogP contribution is 2.21. The summed E-state index contributed by atoms with van der Waals surface area (Å²) in [5, 5.41) is 5.80. The number of nitrogens with one attached hydrogen (secondary N) is 2. The Hall–Kier alpha value is -3.51. The van der Waals surface area contributed by atoms with Gasteiger partial charge in [0.1, 0.15) is 0 Å². The van der Waals surface area contributed by atoms with Gasteiger partial charge < -0.3 is 10.6 Å². The van der Waals surface area contributed by atoms with Gasteiger partial charge in [0.05, 0.1) is 21.8 Å². The molecule has 0 saturated carbocycles. The second-order valence-corrected chi connectivity index (χ2v) is 6.39. The molecule has 1 aromatic heterocycles. The molecule has 0 bridgehead atoms. The monoisotopic (exact) mass is 393 g/mol. The summed E-state index contributed by atoms with van der Waals surface area (Å²) < 4.78 is 0. The Morgan fingerprint density at radius 3 is 2.04 bits per heavy atom. The molecule has 140 valence electrons. The zero-order chi connectivity index (χ0) is 20.1. The summed E-state index contributed by atoms with van der Waals surface area (Å²) in [4.78, 5) is 40.2. The number of amides is 2. The smallest absolute Gasteiger partial charge is 0.257 e. The molecule has 1 heterocycles. The maximum atomic E-state index is 12.4. The fourth-order valence-electron chi connectivity index (χ4n) is 2.44. The number of hydrogen-bond donors (Lipinski definition) is 2. The van der Waals surface area contributed by atoms with Gasteiger partial charge in [-0.3, -0.25) is 19.4 Å². The van der Waals surface area contributed by atoms with Crippen molar-refractivity contribution in [1.82, 2.24) is 4.98 Å². The standard InChI is InChI=1S/C21H16ClN3O3/c1-13(26)14-6-8-17(9-7-14)24-20(27)15-10-16(12-23-11-15)21(28)25-19-5-3-2-4-18(19)22/h2-12H,1H3,(H,24,27)(H,25,28). The Labute approximate surface area is 166 Å². The molecule has 6 nitrogen and oxygen atoms in total. The first-order valence-electron chi connectivity index (χ1n) is 8.37. The summed E-state index contributed by atoms with van der Waals surface area (Å²) in [6.07, 6.45) is 2.73. The van der Waals surface area contributed by atoms with Crippen LogP contribution >= 0.6 is 11.6 Å². The van der Waals surface area contributed by atoms with Gasteiger partial charge in [0.25, 0.3) is 11.8 Å². The lowest BCUT2D eigenvalue weighted by Gasteiger charge is -2.09. The van der Waals surface area contributed by atoms with E-state index in [0.717, 1.165) is 0 Å². The number of benzene rings is 2. The van der Waals surface area contributed by atoms with Gasteiger partial charge in [-0.2, -0.15) is 0 Å². The average Bonchev–Trinajstić information content (AvgIpc) is 2.70. The number of rotatable bonds is 5. The number of aromatic nitrogens is 1. The van der Waals surface area contributed by atoms with Crippen LogP contribution in [0.5, 0.6) is 0 Å². The Morgan fingerprint density at radius 2 is 1.43 bits per heavy atom. The number of hydrogen-bond acceptors (Lipinski definition) is 4. The third kappa shape index (κ3) is 4.61. The number of ketones is 1. The molecule has 0 radical (unpaired) electrons. The van der Waals surface area contributed by atoms with Crippen molar-refractivity contribution in [3.05, 3.63) is 88.7 Å². The van der Waals surface area contributed by atoms with Crippen molar-refractivity contribution in [2.75, 3.05) is 10.6 Å². The van der Waals surface area contributed by atoms with Crippen LogP contribution in [0.25, 0.3) is 0 Å². The number of halogens is 1. The molecule has 0 aliphatic heterocycles. The predicted molar refractivity (Wildman–Crippen MR) is 108 cm³/mol. The number of Topliss-reactive ketones (excluding diaryl/α,β-unsaturated/α-hetero) is 1. The summed E-state index contributed by atoms with van der Waals surface area (Å²) in [7, 11) is 0. The van der Waals surface area contributed by atoms with E-state index in [1.54, 1.807) is 48.5 Å². The highest BCUT2D eigenvalue weighted by molar-refractivity contribution is 6.33. The van der Waals surface area contributed by atoms with E-state index < -0.39 is 11.8 Å². The van der Waals surface area contributed by atoms with E-state index in [9.17, 15) is 14.4 Å². The van der Waals surface area contributed by atoms with Crippen LogP contribution in [0.4, 0.5) is 11.4 Å². The summed E-state index contributed by atoms with van der Waals surface area (Å²) in [5.74, 6) is -0.907. The van der Waals surface area contributed by atoms with Crippen molar-refractivity contribution in [3.8, 4) is 0 Å². The molecule has 0 aliphatic carbocycles. The van der Waals surface area contributed by atoms with E-state index in [1.165, 1.54) is 25.4 Å². The van der Waals surface area contributed by atoms with Crippen molar-refractivity contribution in [2.45, 2.75) is 6.92 Å². The van der Waals surface area contributed by atoms with Gasteiger partial charge in [0.2, 0.25) is 0 Å². The van der Waals surface area contributed by atoms with Gasteiger partial charge in [-0.15, -0.1) is 0 Å². The quantitative estimate of drug-likeness (QED) is 0.627. The Kier molecular flexibility index (Phi) is 5.81. The summed E-state index contributed by atoms with van der Waals surface area (Å²) >= 11 is 6.04. The lowest BCUT2D eigenvalue weighted by Crippen LogP contribution is -2.16. The molecule has 2 amide bonds. The van der Waals surface area contributed by atoms with E-state index in [0.29, 0.717) is 22.0 Å². The summed E-state index contributed by atoms with van der Waals surface area (Å²) in [5.41, 5.74) is 2.00. The van der Waals surface area contributed by atoms with E-state index in [4.69, 9.17) is 11.6 Å². The number of para-hydroxylation sites is 1. The van der Waals surface area contributed by atoms with Crippen molar-refractivity contribution in [2.24, 2.45) is 0 Å². The van der Waals surface area contributed by atoms with E-state index in [1.807, 2.05) is 0 Å². The van der Waals surface area contributed by atoms with E-state index in [-0.39, 0.29) is 16.9 Å². The van der Waals surface area contributed by atoms with Crippen LogP contribution in [0.15, 0.2) is 67.0 Å². The fourth-order valence-corrected chi connectivity index (χ4v) is 2.62. The predicted octanol–water partition coefficient (Wildman–Crippen LogP) is 4.44. The Balaban J connectivity index is 1.73. The highest BCUT2D eigenvalue weighted by atomic mass is 35.5. The SMILES string of the molecule is CC(=O)c1ccc(NC(=O)c2cncc(C(=O)Nc3ccccc3Cl)c2)cc1. The van der Waals surface area contributed by atoms with Crippen molar-refractivity contribution >= 4 is 40.6 Å². The molecule has 3 rings (SSSR count). The minimum Gasteiger partial charge on any atom is -0.322 e. The fraction of sp³-hybridized carbons (Fsp3) is 0.0476. The third-order valence-electron chi connectivity index (χ3n) is 3.93. The minimum absolute atomic E-state index is 0.0562. The van der Waals surface area contributed by atoms with Crippen LogP contribution in [-0.2, 0) is 0 Å². The largest absolute Gasteiger partial charge is 0.322 e. The molecule has 7 heteroatoms. The molecule has 28 heavy (non-hydrogen) atoms. The normalized spacial score (nSPS) is 10.2. The van der Waals surface area contributed by atoms with Crippen molar-refractivity contribution in [3.63, 3.8) is 0 Å². The molecule has 0 atom stereocenters. The maximum absolute atomic E-state index is 12.4. The average molecular weight is 394 g/mol. The van der Waals surface area contributed by atoms with Crippen LogP contribution < -0.4 is 10.6 Å². The van der Waals surface area contributed by atoms with Crippen LogP contribution in [0, 0.1) is 0 Å². The lowest BCUT2D eigenvalue weighted by molar-refractivity contribution is 0.101.